The van der Waals surface area contributed by atoms with Crippen LogP contribution in [0.3, 0.4) is 0 Å². The van der Waals surface area contributed by atoms with Crippen LogP contribution in [0.4, 0.5) is 4.39 Å². The Balaban J connectivity index is 2.42. The summed E-state index contributed by atoms with van der Waals surface area (Å²) in [6, 6.07) is -0.626. The number of hydrogen-bond donors (Lipinski definition) is 1. The van der Waals surface area contributed by atoms with E-state index in [1.807, 2.05) is 0 Å². The van der Waals surface area contributed by atoms with E-state index in [2.05, 4.69) is 0 Å². The van der Waals surface area contributed by atoms with Crippen molar-refractivity contribution in [1.29, 1.82) is 0 Å². The minimum atomic E-state index is -0.987. The van der Waals surface area contributed by atoms with Crippen LogP contribution in [0.25, 0.3) is 0 Å². The molecule has 0 unspecified atom stereocenters. The number of methoxy groups -OCH3 is 1. The lowest BCUT2D eigenvalue weighted by Crippen LogP contribution is -2.49. The molecule has 0 aliphatic carbocycles. The van der Waals surface area contributed by atoms with Crippen LogP contribution in [0.2, 0.25) is 0 Å². The van der Waals surface area contributed by atoms with Crippen LogP contribution in [0.1, 0.15) is 6.42 Å². The van der Waals surface area contributed by atoms with Crippen LogP contribution >= 0.6 is 0 Å². The van der Waals surface area contributed by atoms with Crippen molar-refractivity contribution in [2.75, 3.05) is 13.7 Å². The summed E-state index contributed by atoms with van der Waals surface area (Å²) in [7, 11) is 1.46. The van der Waals surface area contributed by atoms with E-state index in [4.69, 9.17) is 15.2 Å². The van der Waals surface area contributed by atoms with E-state index >= 15 is 0 Å². The monoisotopic (exact) mass is 149 g/mol. The fourth-order valence-corrected chi connectivity index (χ4v) is 0.996. The second-order valence-electron chi connectivity index (χ2n) is 2.36. The molecule has 1 fully saturated rings. The summed E-state index contributed by atoms with van der Waals surface area (Å²) < 4.78 is 22.5. The van der Waals surface area contributed by atoms with Gasteiger partial charge < -0.3 is 15.2 Å². The van der Waals surface area contributed by atoms with Gasteiger partial charge in [0.2, 0.25) is 0 Å². The first-order valence-corrected chi connectivity index (χ1v) is 3.29. The van der Waals surface area contributed by atoms with Crippen LogP contribution in [-0.2, 0) is 9.47 Å². The molecule has 0 aromatic carbocycles. The molecular weight excluding hydrogens is 137 g/mol. The number of rotatable bonds is 1. The fourth-order valence-electron chi connectivity index (χ4n) is 0.996. The summed E-state index contributed by atoms with van der Waals surface area (Å²) in [5, 5.41) is 0. The maximum atomic E-state index is 12.7. The van der Waals surface area contributed by atoms with Crippen molar-refractivity contribution in [2.24, 2.45) is 5.73 Å². The summed E-state index contributed by atoms with van der Waals surface area (Å²) >= 11 is 0. The van der Waals surface area contributed by atoms with Gasteiger partial charge in [-0.1, -0.05) is 0 Å². The fraction of sp³-hybridized carbons (Fsp3) is 1.00. The topological polar surface area (TPSA) is 44.5 Å². The van der Waals surface area contributed by atoms with Crippen LogP contribution in [-0.4, -0.2) is 32.2 Å². The second-order valence-corrected chi connectivity index (χ2v) is 2.36. The molecule has 4 heteroatoms. The maximum Gasteiger partial charge on any atom is 0.174 e. The van der Waals surface area contributed by atoms with Crippen LogP contribution in [0.5, 0.6) is 0 Å². The molecule has 1 saturated heterocycles. The summed E-state index contributed by atoms with van der Waals surface area (Å²) in [6.45, 7) is 0.396. The molecular formula is C6H12FNO2. The smallest absolute Gasteiger partial charge is 0.174 e. The zero-order valence-electron chi connectivity index (χ0n) is 5.92. The first-order chi connectivity index (χ1) is 4.75. The van der Waals surface area contributed by atoms with E-state index in [1.54, 1.807) is 0 Å². The van der Waals surface area contributed by atoms with Gasteiger partial charge in [0.1, 0.15) is 6.17 Å². The van der Waals surface area contributed by atoms with E-state index in [-0.39, 0.29) is 0 Å². The standard InChI is InChI=1S/C6H12FNO2/c1-9-6-5(8)4(7)2-3-10-6/h4-6H,2-3,8H2,1H3/t4-,5+,6+/m0/s1. The van der Waals surface area contributed by atoms with Crippen molar-refractivity contribution in [3.63, 3.8) is 0 Å². The first kappa shape index (κ1) is 7.91. The molecule has 0 aromatic rings. The third-order valence-corrected chi connectivity index (χ3v) is 1.64. The molecule has 0 amide bonds. The van der Waals surface area contributed by atoms with Crippen LogP contribution in [0, 0.1) is 0 Å². The molecule has 3 atom stereocenters. The lowest BCUT2D eigenvalue weighted by molar-refractivity contribution is -0.172. The molecule has 1 aliphatic heterocycles. The lowest BCUT2D eigenvalue weighted by atomic mass is 10.1. The molecule has 2 N–H and O–H groups in total. The third-order valence-electron chi connectivity index (χ3n) is 1.64. The van der Waals surface area contributed by atoms with Gasteiger partial charge in [0, 0.05) is 13.5 Å². The Labute approximate surface area is 59.3 Å². The van der Waals surface area contributed by atoms with Crippen molar-refractivity contribution in [1.82, 2.24) is 0 Å². The van der Waals surface area contributed by atoms with E-state index in [9.17, 15) is 4.39 Å². The second kappa shape index (κ2) is 3.27. The number of ether oxygens (including phenoxy) is 2. The molecule has 0 radical (unpaired) electrons. The summed E-state index contributed by atoms with van der Waals surface area (Å²) in [5.74, 6) is 0. The van der Waals surface area contributed by atoms with Gasteiger partial charge in [-0.05, 0) is 0 Å². The van der Waals surface area contributed by atoms with Crippen molar-refractivity contribution >= 4 is 0 Å². The van der Waals surface area contributed by atoms with Gasteiger partial charge in [0.05, 0.1) is 12.6 Å². The molecule has 1 heterocycles. The number of halogens is 1. The minimum Gasteiger partial charge on any atom is -0.354 e. The third kappa shape index (κ3) is 1.45. The largest absolute Gasteiger partial charge is 0.354 e. The average Bonchev–Trinajstić information content (AvgIpc) is 1.95. The molecule has 0 spiro atoms. The van der Waals surface area contributed by atoms with Gasteiger partial charge in [-0.25, -0.2) is 4.39 Å². The summed E-state index contributed by atoms with van der Waals surface area (Å²) in [6.07, 6.45) is -1.18. The van der Waals surface area contributed by atoms with Crippen molar-refractivity contribution in [3.8, 4) is 0 Å². The minimum absolute atomic E-state index is 0.376. The highest BCUT2D eigenvalue weighted by Gasteiger charge is 2.31. The van der Waals surface area contributed by atoms with E-state index in [0.29, 0.717) is 13.0 Å². The molecule has 0 bridgehead atoms. The van der Waals surface area contributed by atoms with Gasteiger partial charge >= 0.3 is 0 Å². The summed E-state index contributed by atoms with van der Waals surface area (Å²) in [5.41, 5.74) is 5.41. The number of alkyl halides is 1. The first-order valence-electron chi connectivity index (χ1n) is 3.29. The predicted molar refractivity (Wildman–Crippen MR) is 34.2 cm³/mol. The Morgan fingerprint density at radius 2 is 2.40 bits per heavy atom. The average molecular weight is 149 g/mol. The van der Waals surface area contributed by atoms with Gasteiger partial charge in [-0.15, -0.1) is 0 Å². The van der Waals surface area contributed by atoms with Crippen LogP contribution < -0.4 is 5.73 Å². The van der Waals surface area contributed by atoms with E-state index in [1.165, 1.54) is 7.11 Å². The van der Waals surface area contributed by atoms with Crippen molar-refractivity contribution in [3.05, 3.63) is 0 Å². The highest BCUT2D eigenvalue weighted by Crippen LogP contribution is 2.15. The summed E-state index contributed by atoms with van der Waals surface area (Å²) in [4.78, 5) is 0. The van der Waals surface area contributed by atoms with Crippen molar-refractivity contribution in [2.45, 2.75) is 24.9 Å². The highest BCUT2D eigenvalue weighted by molar-refractivity contribution is 4.79. The molecule has 1 rings (SSSR count). The van der Waals surface area contributed by atoms with Gasteiger partial charge in [-0.2, -0.15) is 0 Å². The van der Waals surface area contributed by atoms with Gasteiger partial charge in [-0.3, -0.25) is 0 Å². The molecule has 3 nitrogen and oxygen atoms in total. The van der Waals surface area contributed by atoms with E-state index in [0.717, 1.165) is 0 Å². The Morgan fingerprint density at radius 1 is 1.70 bits per heavy atom. The molecule has 60 valence electrons. The Bertz CT molecular complexity index is 112. The zero-order chi connectivity index (χ0) is 7.56. The molecule has 0 saturated carbocycles. The SMILES string of the molecule is CO[C@@H]1OCC[C@H](F)[C@H]1N. The normalized spacial score (nSPS) is 41.7. The molecule has 0 aromatic heterocycles. The lowest BCUT2D eigenvalue weighted by Gasteiger charge is -2.30. The van der Waals surface area contributed by atoms with Crippen molar-refractivity contribution < 1.29 is 13.9 Å². The highest BCUT2D eigenvalue weighted by atomic mass is 19.1. The predicted octanol–water partition coefficient (Wildman–Crippen LogP) is 0.0446. The number of hydrogen-bond acceptors (Lipinski definition) is 3. The molecule has 1 aliphatic rings. The quantitative estimate of drug-likeness (QED) is 0.572. The van der Waals surface area contributed by atoms with Gasteiger partial charge in [0.25, 0.3) is 0 Å². The van der Waals surface area contributed by atoms with E-state index < -0.39 is 18.5 Å². The molecule has 10 heavy (non-hydrogen) atoms. The maximum absolute atomic E-state index is 12.7. The Morgan fingerprint density at radius 3 is 2.90 bits per heavy atom. The Kier molecular flexibility index (Phi) is 2.59. The van der Waals surface area contributed by atoms with Crippen LogP contribution in [0.15, 0.2) is 0 Å². The Hall–Kier alpha value is -0.190. The zero-order valence-corrected chi connectivity index (χ0v) is 5.92. The number of nitrogens with two attached hydrogens (primary N) is 1. The van der Waals surface area contributed by atoms with Gasteiger partial charge in [0.15, 0.2) is 6.29 Å².